The highest BCUT2D eigenvalue weighted by molar-refractivity contribution is 5.95. The summed E-state index contributed by atoms with van der Waals surface area (Å²) in [6, 6.07) is 17.5. The van der Waals surface area contributed by atoms with Gasteiger partial charge < -0.3 is 11.1 Å². The number of carbonyl (C=O) groups excluding carboxylic acids is 1. The molecule has 1 amide bonds. The maximum absolute atomic E-state index is 12.5. The van der Waals surface area contributed by atoms with Crippen molar-refractivity contribution in [1.29, 1.82) is 0 Å². The fourth-order valence-corrected chi connectivity index (χ4v) is 3.66. The molecule has 2 aromatic carbocycles. The first-order valence-electron chi connectivity index (χ1n) is 9.33. The van der Waals surface area contributed by atoms with E-state index in [1.807, 2.05) is 54.6 Å². The number of hydrogen-bond donors (Lipinski definition) is 3. The lowest BCUT2D eigenvalue weighted by Crippen LogP contribution is -2.28. The zero-order valence-corrected chi connectivity index (χ0v) is 15.1. The van der Waals surface area contributed by atoms with Gasteiger partial charge in [-0.25, -0.2) is 4.98 Å². The Morgan fingerprint density at radius 2 is 1.89 bits per heavy atom. The molecule has 3 aromatic rings. The molecule has 0 saturated heterocycles. The molecular weight excluding hydrogens is 338 g/mol. The van der Waals surface area contributed by atoms with Crippen LogP contribution in [0.4, 0.5) is 5.69 Å². The normalized spacial score (nSPS) is 19.1. The van der Waals surface area contributed by atoms with E-state index < -0.39 is 0 Å². The molecule has 0 spiro atoms. The zero-order valence-electron chi connectivity index (χ0n) is 15.1. The SMILES string of the molecule is N[C@@H]1CCC[C@H]1CC(=O)Nc1ccccc1-c1nc(-c2ccccc2)n[nH]1. The van der Waals surface area contributed by atoms with Gasteiger partial charge in [0.05, 0.1) is 5.69 Å². The van der Waals surface area contributed by atoms with Crippen molar-refractivity contribution in [3.63, 3.8) is 0 Å². The Morgan fingerprint density at radius 1 is 1.11 bits per heavy atom. The van der Waals surface area contributed by atoms with E-state index in [0.717, 1.165) is 36.1 Å². The van der Waals surface area contributed by atoms with Gasteiger partial charge in [-0.1, -0.05) is 48.9 Å². The quantitative estimate of drug-likeness (QED) is 0.647. The second kappa shape index (κ2) is 7.72. The molecule has 27 heavy (non-hydrogen) atoms. The third-order valence-electron chi connectivity index (χ3n) is 5.14. The van der Waals surface area contributed by atoms with Crippen LogP contribution in [0.15, 0.2) is 54.6 Å². The predicted molar refractivity (Wildman–Crippen MR) is 106 cm³/mol. The zero-order chi connectivity index (χ0) is 18.6. The molecule has 1 aromatic heterocycles. The number of amides is 1. The molecule has 1 saturated carbocycles. The van der Waals surface area contributed by atoms with E-state index in [1.165, 1.54) is 0 Å². The summed E-state index contributed by atoms with van der Waals surface area (Å²) < 4.78 is 0. The molecule has 6 nitrogen and oxygen atoms in total. The van der Waals surface area contributed by atoms with E-state index in [0.29, 0.717) is 18.1 Å². The fraction of sp³-hybridized carbons (Fsp3) is 0.286. The van der Waals surface area contributed by atoms with Gasteiger partial charge in [0.15, 0.2) is 11.6 Å². The number of aromatic nitrogens is 3. The minimum absolute atomic E-state index is 0.00685. The summed E-state index contributed by atoms with van der Waals surface area (Å²) >= 11 is 0. The first-order chi connectivity index (χ1) is 13.2. The van der Waals surface area contributed by atoms with Gasteiger partial charge in [-0.05, 0) is 30.9 Å². The Kier molecular flexibility index (Phi) is 4.98. The molecule has 1 aliphatic rings. The fourth-order valence-electron chi connectivity index (χ4n) is 3.66. The summed E-state index contributed by atoms with van der Waals surface area (Å²) in [5, 5.41) is 10.3. The van der Waals surface area contributed by atoms with Crippen LogP contribution < -0.4 is 11.1 Å². The number of nitrogens with one attached hydrogen (secondary N) is 2. The van der Waals surface area contributed by atoms with Crippen molar-refractivity contribution < 1.29 is 4.79 Å². The van der Waals surface area contributed by atoms with E-state index in [4.69, 9.17) is 5.73 Å². The molecule has 6 heteroatoms. The highest BCUT2D eigenvalue weighted by atomic mass is 16.1. The molecule has 0 bridgehead atoms. The summed E-state index contributed by atoms with van der Waals surface area (Å²) in [6.07, 6.45) is 3.60. The molecule has 2 atom stereocenters. The molecular formula is C21H23N5O. The third kappa shape index (κ3) is 3.90. The van der Waals surface area contributed by atoms with E-state index in [1.54, 1.807) is 0 Å². The van der Waals surface area contributed by atoms with E-state index >= 15 is 0 Å². The molecule has 1 heterocycles. The van der Waals surface area contributed by atoms with Crippen molar-refractivity contribution in [2.45, 2.75) is 31.7 Å². The molecule has 0 radical (unpaired) electrons. The van der Waals surface area contributed by atoms with Crippen LogP contribution in [-0.2, 0) is 4.79 Å². The number of hydrogen-bond acceptors (Lipinski definition) is 4. The monoisotopic (exact) mass is 361 g/mol. The van der Waals surface area contributed by atoms with Gasteiger partial charge in [-0.15, -0.1) is 0 Å². The van der Waals surface area contributed by atoms with Crippen LogP contribution in [0.1, 0.15) is 25.7 Å². The van der Waals surface area contributed by atoms with Gasteiger partial charge in [-0.3, -0.25) is 9.89 Å². The van der Waals surface area contributed by atoms with E-state index in [2.05, 4.69) is 20.5 Å². The number of para-hydroxylation sites is 1. The number of H-pyrrole nitrogens is 1. The Balaban J connectivity index is 1.53. The molecule has 1 aliphatic carbocycles. The molecule has 4 rings (SSSR count). The number of aromatic amines is 1. The van der Waals surface area contributed by atoms with Crippen LogP contribution in [0, 0.1) is 5.92 Å². The summed E-state index contributed by atoms with van der Waals surface area (Å²) in [4.78, 5) is 17.1. The highest BCUT2D eigenvalue weighted by Gasteiger charge is 2.26. The Hall–Kier alpha value is -2.99. The van der Waals surface area contributed by atoms with Crippen molar-refractivity contribution >= 4 is 11.6 Å². The van der Waals surface area contributed by atoms with Gasteiger partial charge in [0.25, 0.3) is 0 Å². The average Bonchev–Trinajstić information content (AvgIpc) is 3.33. The van der Waals surface area contributed by atoms with Crippen molar-refractivity contribution in [3.05, 3.63) is 54.6 Å². The topological polar surface area (TPSA) is 96.7 Å². The lowest BCUT2D eigenvalue weighted by Gasteiger charge is -2.15. The van der Waals surface area contributed by atoms with Crippen LogP contribution in [0.2, 0.25) is 0 Å². The maximum Gasteiger partial charge on any atom is 0.224 e. The Labute approximate surface area is 158 Å². The molecule has 138 valence electrons. The molecule has 4 N–H and O–H groups in total. The van der Waals surface area contributed by atoms with Crippen molar-refractivity contribution in [1.82, 2.24) is 15.2 Å². The van der Waals surface area contributed by atoms with E-state index in [-0.39, 0.29) is 17.9 Å². The number of anilines is 1. The maximum atomic E-state index is 12.5. The summed E-state index contributed by atoms with van der Waals surface area (Å²) in [7, 11) is 0. The second-order valence-electron chi connectivity index (χ2n) is 7.03. The minimum atomic E-state index is -0.00685. The first-order valence-corrected chi connectivity index (χ1v) is 9.33. The number of rotatable bonds is 5. The van der Waals surface area contributed by atoms with Gasteiger partial charge in [0.2, 0.25) is 5.91 Å². The molecule has 0 unspecified atom stereocenters. The first kappa shape index (κ1) is 17.4. The third-order valence-corrected chi connectivity index (χ3v) is 5.14. The minimum Gasteiger partial charge on any atom is -0.327 e. The molecule has 0 aliphatic heterocycles. The Bertz CT molecular complexity index is 921. The summed E-state index contributed by atoms with van der Waals surface area (Å²) in [6.45, 7) is 0. The van der Waals surface area contributed by atoms with Crippen molar-refractivity contribution in [2.24, 2.45) is 11.7 Å². The number of benzene rings is 2. The largest absolute Gasteiger partial charge is 0.327 e. The van der Waals surface area contributed by atoms with Crippen LogP contribution in [0.5, 0.6) is 0 Å². The van der Waals surface area contributed by atoms with Crippen molar-refractivity contribution in [3.8, 4) is 22.8 Å². The van der Waals surface area contributed by atoms with Crippen LogP contribution >= 0.6 is 0 Å². The Morgan fingerprint density at radius 3 is 2.67 bits per heavy atom. The lowest BCUT2D eigenvalue weighted by atomic mass is 10.00. The van der Waals surface area contributed by atoms with Gasteiger partial charge >= 0.3 is 0 Å². The second-order valence-corrected chi connectivity index (χ2v) is 7.03. The number of nitrogens with zero attached hydrogens (tertiary/aromatic N) is 2. The van der Waals surface area contributed by atoms with Gasteiger partial charge in [0, 0.05) is 23.6 Å². The van der Waals surface area contributed by atoms with Gasteiger partial charge in [-0.2, -0.15) is 5.10 Å². The van der Waals surface area contributed by atoms with E-state index in [9.17, 15) is 4.79 Å². The predicted octanol–water partition coefficient (Wildman–Crippen LogP) is 3.59. The highest BCUT2D eigenvalue weighted by Crippen LogP contribution is 2.29. The smallest absolute Gasteiger partial charge is 0.224 e. The summed E-state index contributed by atoms with van der Waals surface area (Å²) in [5.41, 5.74) is 8.58. The van der Waals surface area contributed by atoms with Crippen molar-refractivity contribution in [2.75, 3.05) is 5.32 Å². The number of carbonyl (C=O) groups is 1. The lowest BCUT2D eigenvalue weighted by molar-refractivity contribution is -0.117. The molecule has 1 fully saturated rings. The van der Waals surface area contributed by atoms with Crippen LogP contribution in [-0.4, -0.2) is 27.1 Å². The van der Waals surface area contributed by atoms with Gasteiger partial charge in [0.1, 0.15) is 0 Å². The van der Waals surface area contributed by atoms with Crippen LogP contribution in [0.3, 0.4) is 0 Å². The summed E-state index contributed by atoms with van der Waals surface area (Å²) in [5.74, 6) is 1.52. The standard InChI is InChI=1S/C21H23N5O/c22-17-11-6-9-15(17)13-19(27)23-18-12-5-4-10-16(18)21-24-20(25-26-21)14-7-2-1-3-8-14/h1-5,7-8,10,12,15,17H,6,9,11,13,22H2,(H,23,27)(H,24,25,26)/t15-,17+/m0/s1. The average molecular weight is 361 g/mol. The van der Waals surface area contributed by atoms with Crippen LogP contribution in [0.25, 0.3) is 22.8 Å². The number of nitrogens with two attached hydrogens (primary N) is 1.